The normalized spacial score (nSPS) is 11.1. The summed E-state index contributed by atoms with van der Waals surface area (Å²) >= 11 is 0. The first kappa shape index (κ1) is 15.9. The summed E-state index contributed by atoms with van der Waals surface area (Å²) in [5, 5.41) is 9.05. The molecule has 24 heavy (non-hydrogen) atoms. The largest absolute Gasteiger partial charge is 0.463 e. The highest BCUT2D eigenvalue weighted by atomic mass is 32.2. The van der Waals surface area contributed by atoms with E-state index >= 15 is 0 Å². The molecule has 0 fully saturated rings. The van der Waals surface area contributed by atoms with Crippen molar-refractivity contribution >= 4 is 10.0 Å². The van der Waals surface area contributed by atoms with Gasteiger partial charge in [-0.2, -0.15) is 5.26 Å². The molecule has 0 bridgehead atoms. The van der Waals surface area contributed by atoms with Crippen LogP contribution in [0, 0.1) is 11.3 Å². The van der Waals surface area contributed by atoms with Crippen LogP contribution in [-0.4, -0.2) is 13.4 Å². The Hall–Kier alpha value is -2.95. The van der Waals surface area contributed by atoms with Gasteiger partial charge in [0, 0.05) is 12.7 Å². The van der Waals surface area contributed by atoms with Gasteiger partial charge in [0.1, 0.15) is 11.8 Å². The smallest absolute Gasteiger partial charge is 0.242 e. The molecule has 0 saturated carbocycles. The molecule has 2 heterocycles. The van der Waals surface area contributed by atoms with Gasteiger partial charge in [0.15, 0.2) is 5.76 Å². The van der Waals surface area contributed by atoms with E-state index in [1.54, 1.807) is 48.9 Å². The van der Waals surface area contributed by atoms with Gasteiger partial charge in [-0.3, -0.25) is 4.98 Å². The molecule has 0 unspecified atom stereocenters. The van der Waals surface area contributed by atoms with Crippen molar-refractivity contribution in [3.8, 4) is 17.5 Å². The van der Waals surface area contributed by atoms with Crippen molar-refractivity contribution in [3.63, 3.8) is 0 Å². The molecule has 0 aliphatic rings. The van der Waals surface area contributed by atoms with Gasteiger partial charge in [0.25, 0.3) is 0 Å². The lowest BCUT2D eigenvalue weighted by Crippen LogP contribution is -2.24. The van der Waals surface area contributed by atoms with Crippen LogP contribution in [0.5, 0.6) is 0 Å². The number of nitrogens with zero attached hydrogens (tertiary/aromatic N) is 2. The second-order valence-electron chi connectivity index (χ2n) is 4.96. The Balaban J connectivity index is 1.81. The van der Waals surface area contributed by atoms with E-state index in [-0.39, 0.29) is 17.0 Å². The van der Waals surface area contributed by atoms with E-state index in [4.69, 9.17) is 9.68 Å². The van der Waals surface area contributed by atoms with E-state index < -0.39 is 10.0 Å². The van der Waals surface area contributed by atoms with Crippen molar-refractivity contribution in [3.05, 3.63) is 72.1 Å². The number of furan rings is 1. The number of sulfonamides is 1. The van der Waals surface area contributed by atoms with Crippen LogP contribution < -0.4 is 4.72 Å². The van der Waals surface area contributed by atoms with E-state index in [9.17, 15) is 8.42 Å². The number of nitriles is 1. The second kappa shape index (κ2) is 6.66. The van der Waals surface area contributed by atoms with Crippen LogP contribution in [0.1, 0.15) is 11.1 Å². The average Bonchev–Trinajstić information content (AvgIpc) is 3.15. The number of rotatable bonds is 5. The molecule has 120 valence electrons. The van der Waals surface area contributed by atoms with Crippen molar-refractivity contribution < 1.29 is 12.8 Å². The minimum Gasteiger partial charge on any atom is -0.463 e. The lowest BCUT2D eigenvalue weighted by atomic mass is 10.2. The van der Waals surface area contributed by atoms with E-state index in [1.807, 2.05) is 6.07 Å². The summed E-state index contributed by atoms with van der Waals surface area (Å²) in [7, 11) is -3.78. The first-order valence-electron chi connectivity index (χ1n) is 7.08. The molecule has 3 rings (SSSR count). The quantitative estimate of drug-likeness (QED) is 0.771. The predicted octanol–water partition coefficient (Wildman–Crippen LogP) is 2.69. The third kappa shape index (κ3) is 3.35. The number of aromatic nitrogens is 1. The lowest BCUT2D eigenvalue weighted by Gasteiger charge is -2.08. The Morgan fingerprint density at radius 1 is 1.17 bits per heavy atom. The van der Waals surface area contributed by atoms with Crippen LogP contribution in [0.2, 0.25) is 0 Å². The Morgan fingerprint density at radius 2 is 2.00 bits per heavy atom. The fourth-order valence-corrected chi connectivity index (χ4v) is 3.37. The van der Waals surface area contributed by atoms with E-state index in [2.05, 4.69) is 9.71 Å². The van der Waals surface area contributed by atoms with Crippen LogP contribution >= 0.6 is 0 Å². The van der Waals surface area contributed by atoms with Crippen LogP contribution in [-0.2, 0) is 16.6 Å². The van der Waals surface area contributed by atoms with Crippen molar-refractivity contribution in [2.24, 2.45) is 0 Å². The summed E-state index contributed by atoms with van der Waals surface area (Å²) in [5.41, 5.74) is 1.46. The number of pyridine rings is 1. The van der Waals surface area contributed by atoms with Crippen molar-refractivity contribution in [2.45, 2.75) is 11.4 Å². The third-order valence-electron chi connectivity index (χ3n) is 3.36. The van der Waals surface area contributed by atoms with Crippen LogP contribution in [0.3, 0.4) is 0 Å². The molecule has 0 aliphatic carbocycles. The van der Waals surface area contributed by atoms with Gasteiger partial charge >= 0.3 is 0 Å². The van der Waals surface area contributed by atoms with Crippen molar-refractivity contribution in [1.82, 2.24) is 9.71 Å². The lowest BCUT2D eigenvalue weighted by molar-refractivity contribution is 0.579. The molecule has 0 atom stereocenters. The molecule has 6 nitrogen and oxygen atoms in total. The zero-order chi connectivity index (χ0) is 17.0. The molecule has 1 N–H and O–H groups in total. The molecule has 0 spiro atoms. The Labute approximate surface area is 139 Å². The van der Waals surface area contributed by atoms with Gasteiger partial charge < -0.3 is 4.42 Å². The highest BCUT2D eigenvalue weighted by molar-refractivity contribution is 7.89. The van der Waals surface area contributed by atoms with Gasteiger partial charge in [0.2, 0.25) is 10.0 Å². The molecule has 0 radical (unpaired) electrons. The zero-order valence-corrected chi connectivity index (χ0v) is 13.3. The van der Waals surface area contributed by atoms with E-state index in [0.29, 0.717) is 11.5 Å². The SMILES string of the molecule is N#Cc1ccccc1S(=O)(=O)NCc1ccnc(-c2ccco2)c1. The Morgan fingerprint density at radius 3 is 2.75 bits per heavy atom. The van der Waals surface area contributed by atoms with Crippen LogP contribution in [0.15, 0.2) is 70.3 Å². The number of hydrogen-bond acceptors (Lipinski definition) is 5. The summed E-state index contributed by atoms with van der Waals surface area (Å²) in [5.74, 6) is 0.606. The average molecular weight is 339 g/mol. The molecule has 0 amide bonds. The number of benzene rings is 1. The maximum absolute atomic E-state index is 12.4. The third-order valence-corrected chi connectivity index (χ3v) is 4.82. The van der Waals surface area contributed by atoms with Crippen LogP contribution in [0.25, 0.3) is 11.5 Å². The first-order valence-corrected chi connectivity index (χ1v) is 8.56. The second-order valence-corrected chi connectivity index (χ2v) is 6.69. The maximum Gasteiger partial charge on any atom is 0.242 e. The summed E-state index contributed by atoms with van der Waals surface area (Å²) in [6.45, 7) is 0.0817. The van der Waals surface area contributed by atoms with Crippen molar-refractivity contribution in [1.29, 1.82) is 5.26 Å². The molecule has 0 aliphatic heterocycles. The summed E-state index contributed by atoms with van der Waals surface area (Å²) in [6, 6.07) is 15.0. The first-order chi connectivity index (χ1) is 11.6. The van der Waals surface area contributed by atoms with Gasteiger partial charge in [-0.1, -0.05) is 12.1 Å². The predicted molar refractivity (Wildman–Crippen MR) is 87.1 cm³/mol. The monoisotopic (exact) mass is 339 g/mol. The highest BCUT2D eigenvalue weighted by Gasteiger charge is 2.17. The number of hydrogen-bond donors (Lipinski definition) is 1. The summed E-state index contributed by atoms with van der Waals surface area (Å²) < 4.78 is 32.6. The molecule has 7 heteroatoms. The van der Waals surface area contributed by atoms with Crippen molar-refractivity contribution in [2.75, 3.05) is 0 Å². The molecule has 2 aromatic heterocycles. The van der Waals surface area contributed by atoms with Gasteiger partial charge in [-0.15, -0.1) is 0 Å². The molecular weight excluding hydrogens is 326 g/mol. The van der Waals surface area contributed by atoms with Gasteiger partial charge in [-0.05, 0) is 42.0 Å². The standard InChI is InChI=1S/C17H13N3O3S/c18-11-14-4-1-2-6-17(14)24(21,22)20-12-13-7-8-19-15(10-13)16-5-3-9-23-16/h1-10,20H,12H2. The minimum atomic E-state index is -3.78. The van der Waals surface area contributed by atoms with Crippen LogP contribution in [0.4, 0.5) is 0 Å². The van der Waals surface area contributed by atoms with Gasteiger partial charge in [-0.25, -0.2) is 13.1 Å². The van der Waals surface area contributed by atoms with E-state index in [1.165, 1.54) is 12.1 Å². The Bertz CT molecular complexity index is 990. The zero-order valence-electron chi connectivity index (χ0n) is 12.5. The van der Waals surface area contributed by atoms with E-state index in [0.717, 1.165) is 5.56 Å². The topological polar surface area (TPSA) is 96.0 Å². The summed E-state index contributed by atoms with van der Waals surface area (Å²) in [4.78, 5) is 4.16. The highest BCUT2D eigenvalue weighted by Crippen LogP contribution is 2.19. The fraction of sp³-hybridized carbons (Fsp3) is 0.0588. The maximum atomic E-state index is 12.4. The Kier molecular flexibility index (Phi) is 4.42. The number of nitrogens with one attached hydrogen (secondary N) is 1. The minimum absolute atomic E-state index is 0.0344. The van der Waals surface area contributed by atoms with Gasteiger partial charge in [0.05, 0.1) is 16.7 Å². The molecule has 1 aromatic carbocycles. The summed E-state index contributed by atoms with van der Waals surface area (Å²) in [6.07, 6.45) is 3.13. The molecule has 3 aromatic rings. The molecular formula is C17H13N3O3S. The fourth-order valence-electron chi connectivity index (χ4n) is 2.19. The molecule has 0 saturated heterocycles.